The van der Waals surface area contributed by atoms with Crippen molar-refractivity contribution >= 4 is 0 Å². The molecule has 2 rings (SSSR count). The molecule has 1 unspecified atom stereocenters. The molecular formula is C15H22FNO. The minimum Gasteiger partial charge on any atom is -0.376 e. The van der Waals surface area contributed by atoms with Crippen molar-refractivity contribution < 1.29 is 9.13 Å². The summed E-state index contributed by atoms with van der Waals surface area (Å²) in [5, 5.41) is 3.13. The first kappa shape index (κ1) is 13.5. The van der Waals surface area contributed by atoms with Gasteiger partial charge in [-0.2, -0.15) is 0 Å². The van der Waals surface area contributed by atoms with Crippen LogP contribution in [0.15, 0.2) is 24.3 Å². The summed E-state index contributed by atoms with van der Waals surface area (Å²) in [5.74, 6) is -0.163. The number of halogens is 1. The van der Waals surface area contributed by atoms with Crippen LogP contribution in [0.2, 0.25) is 0 Å². The van der Waals surface area contributed by atoms with Crippen LogP contribution in [0.3, 0.4) is 0 Å². The number of rotatable bonds is 5. The van der Waals surface area contributed by atoms with Gasteiger partial charge < -0.3 is 10.1 Å². The van der Waals surface area contributed by atoms with Crippen molar-refractivity contribution in [2.45, 2.75) is 44.2 Å². The number of likely N-dealkylation sites (N-methyl/N-ethyl adjacent to an activating group) is 1. The fraction of sp³-hybridized carbons (Fsp3) is 0.600. The highest BCUT2D eigenvalue weighted by atomic mass is 19.1. The zero-order valence-electron chi connectivity index (χ0n) is 11.0. The van der Waals surface area contributed by atoms with E-state index in [2.05, 4.69) is 5.32 Å². The highest BCUT2D eigenvalue weighted by molar-refractivity contribution is 5.21. The quantitative estimate of drug-likeness (QED) is 0.865. The maximum Gasteiger partial charge on any atom is 0.128 e. The van der Waals surface area contributed by atoms with Gasteiger partial charge in [-0.05, 0) is 26.0 Å². The van der Waals surface area contributed by atoms with Gasteiger partial charge in [0.1, 0.15) is 5.82 Å². The molecule has 0 spiro atoms. The van der Waals surface area contributed by atoms with Gasteiger partial charge in [0, 0.05) is 5.56 Å². The van der Waals surface area contributed by atoms with Gasteiger partial charge >= 0.3 is 0 Å². The van der Waals surface area contributed by atoms with Crippen LogP contribution in [0, 0.1) is 5.82 Å². The van der Waals surface area contributed by atoms with Gasteiger partial charge in [0.2, 0.25) is 0 Å². The van der Waals surface area contributed by atoms with Crippen molar-refractivity contribution in [3.8, 4) is 0 Å². The van der Waals surface area contributed by atoms with E-state index in [-0.39, 0.29) is 11.9 Å². The van der Waals surface area contributed by atoms with Gasteiger partial charge in [-0.25, -0.2) is 4.39 Å². The Balaban J connectivity index is 1.91. The van der Waals surface area contributed by atoms with Gasteiger partial charge in [-0.3, -0.25) is 0 Å². The van der Waals surface area contributed by atoms with Crippen LogP contribution in [-0.4, -0.2) is 19.8 Å². The van der Waals surface area contributed by atoms with Crippen molar-refractivity contribution in [1.82, 2.24) is 5.32 Å². The van der Waals surface area contributed by atoms with Crippen LogP contribution in [-0.2, 0) is 4.74 Å². The van der Waals surface area contributed by atoms with Crippen molar-refractivity contribution in [2.24, 2.45) is 0 Å². The predicted octanol–water partition coefficient (Wildman–Crippen LogP) is 3.44. The molecule has 0 bridgehead atoms. The third kappa shape index (κ3) is 3.53. The van der Waals surface area contributed by atoms with Gasteiger partial charge in [-0.1, -0.05) is 37.5 Å². The molecule has 1 saturated carbocycles. The van der Waals surface area contributed by atoms with Crippen molar-refractivity contribution in [3.63, 3.8) is 0 Å². The number of ether oxygens (including phenoxy) is 1. The minimum absolute atomic E-state index is 0.0619. The highest BCUT2D eigenvalue weighted by Crippen LogP contribution is 2.23. The van der Waals surface area contributed by atoms with E-state index >= 15 is 0 Å². The van der Waals surface area contributed by atoms with Crippen LogP contribution < -0.4 is 5.32 Å². The van der Waals surface area contributed by atoms with E-state index in [0.717, 1.165) is 12.8 Å². The fourth-order valence-electron chi connectivity index (χ4n) is 2.55. The molecule has 2 nitrogen and oxygen atoms in total. The summed E-state index contributed by atoms with van der Waals surface area (Å²) in [6.45, 7) is 0.544. The molecule has 1 aliphatic rings. The molecule has 100 valence electrons. The average molecular weight is 251 g/mol. The SMILES string of the molecule is CNC(COC1CCCCC1)c1ccccc1F. The number of hydrogen-bond acceptors (Lipinski definition) is 2. The van der Waals surface area contributed by atoms with Crippen LogP contribution >= 0.6 is 0 Å². The first-order valence-electron chi connectivity index (χ1n) is 6.84. The lowest BCUT2D eigenvalue weighted by Gasteiger charge is -2.25. The molecule has 1 fully saturated rings. The molecular weight excluding hydrogens is 229 g/mol. The molecule has 1 N–H and O–H groups in total. The normalized spacial score (nSPS) is 18.8. The molecule has 0 saturated heterocycles. The third-order valence-corrected chi connectivity index (χ3v) is 3.68. The first-order valence-corrected chi connectivity index (χ1v) is 6.84. The van der Waals surface area contributed by atoms with E-state index in [9.17, 15) is 4.39 Å². The Morgan fingerprint density at radius 3 is 2.67 bits per heavy atom. The van der Waals surface area contributed by atoms with Crippen molar-refractivity contribution in [1.29, 1.82) is 0 Å². The summed E-state index contributed by atoms with van der Waals surface area (Å²) in [4.78, 5) is 0. The lowest BCUT2D eigenvalue weighted by Crippen LogP contribution is -2.27. The van der Waals surface area contributed by atoms with Gasteiger partial charge in [-0.15, -0.1) is 0 Å². The second-order valence-corrected chi connectivity index (χ2v) is 4.96. The maximum atomic E-state index is 13.7. The average Bonchev–Trinajstić information content (AvgIpc) is 2.42. The zero-order chi connectivity index (χ0) is 12.8. The summed E-state index contributed by atoms with van der Waals surface area (Å²) in [5.41, 5.74) is 0.691. The number of nitrogens with one attached hydrogen (secondary N) is 1. The van der Waals surface area contributed by atoms with Crippen LogP contribution in [0.25, 0.3) is 0 Å². The Morgan fingerprint density at radius 2 is 2.00 bits per heavy atom. The second-order valence-electron chi connectivity index (χ2n) is 4.96. The largest absolute Gasteiger partial charge is 0.376 e. The number of benzene rings is 1. The lowest BCUT2D eigenvalue weighted by atomic mass is 9.97. The molecule has 1 aliphatic carbocycles. The lowest BCUT2D eigenvalue weighted by molar-refractivity contribution is 0.0161. The molecule has 0 heterocycles. The molecule has 0 radical (unpaired) electrons. The first-order chi connectivity index (χ1) is 8.81. The Hall–Kier alpha value is -0.930. The van der Waals surface area contributed by atoms with Gasteiger partial charge in [0.05, 0.1) is 18.8 Å². The molecule has 0 aromatic heterocycles. The van der Waals surface area contributed by atoms with E-state index in [0.29, 0.717) is 18.3 Å². The van der Waals surface area contributed by atoms with Crippen LogP contribution in [0.1, 0.15) is 43.7 Å². The van der Waals surface area contributed by atoms with Crippen molar-refractivity contribution in [2.75, 3.05) is 13.7 Å². The maximum absolute atomic E-state index is 13.7. The van der Waals surface area contributed by atoms with E-state index in [1.807, 2.05) is 19.2 Å². The smallest absolute Gasteiger partial charge is 0.128 e. The Bertz CT molecular complexity index is 363. The standard InChI is InChI=1S/C15H22FNO/c1-17-15(13-9-5-6-10-14(13)16)11-18-12-7-3-2-4-8-12/h5-6,9-10,12,15,17H,2-4,7-8,11H2,1H3. The predicted molar refractivity (Wildman–Crippen MR) is 71.0 cm³/mol. The zero-order valence-corrected chi connectivity index (χ0v) is 11.0. The monoisotopic (exact) mass is 251 g/mol. The van der Waals surface area contributed by atoms with Crippen molar-refractivity contribution in [3.05, 3.63) is 35.6 Å². The molecule has 1 aromatic carbocycles. The third-order valence-electron chi connectivity index (χ3n) is 3.68. The molecule has 0 aliphatic heterocycles. The number of hydrogen-bond donors (Lipinski definition) is 1. The Kier molecular flexibility index (Phi) is 5.14. The molecule has 0 amide bonds. The van der Waals surface area contributed by atoms with Gasteiger partial charge in [0.25, 0.3) is 0 Å². The van der Waals surface area contributed by atoms with E-state index < -0.39 is 0 Å². The van der Waals surface area contributed by atoms with Crippen LogP contribution in [0.5, 0.6) is 0 Å². The molecule has 18 heavy (non-hydrogen) atoms. The van der Waals surface area contributed by atoms with E-state index in [4.69, 9.17) is 4.74 Å². The minimum atomic E-state index is -0.163. The second kappa shape index (κ2) is 6.86. The van der Waals surface area contributed by atoms with Gasteiger partial charge in [0.15, 0.2) is 0 Å². The highest BCUT2D eigenvalue weighted by Gasteiger charge is 2.18. The summed E-state index contributed by atoms with van der Waals surface area (Å²) >= 11 is 0. The summed E-state index contributed by atoms with van der Waals surface area (Å²) in [7, 11) is 1.85. The summed E-state index contributed by atoms with van der Waals surface area (Å²) < 4.78 is 19.6. The molecule has 1 atom stereocenters. The Labute approximate surface area is 109 Å². The summed E-state index contributed by atoms with van der Waals surface area (Å²) in [6, 6.07) is 6.84. The van der Waals surface area contributed by atoms with E-state index in [1.54, 1.807) is 6.07 Å². The van der Waals surface area contributed by atoms with Crippen LogP contribution in [0.4, 0.5) is 4.39 Å². The fourth-order valence-corrected chi connectivity index (χ4v) is 2.55. The molecule has 1 aromatic rings. The topological polar surface area (TPSA) is 21.3 Å². The summed E-state index contributed by atoms with van der Waals surface area (Å²) in [6.07, 6.45) is 6.49. The Morgan fingerprint density at radius 1 is 1.28 bits per heavy atom. The molecule has 3 heteroatoms. The van der Waals surface area contributed by atoms with E-state index in [1.165, 1.54) is 25.3 Å².